The van der Waals surface area contributed by atoms with Gasteiger partial charge in [0.1, 0.15) is 18.0 Å². The molecule has 0 spiro atoms. The van der Waals surface area contributed by atoms with E-state index in [0.717, 1.165) is 6.07 Å². The van der Waals surface area contributed by atoms with Crippen molar-refractivity contribution >= 4 is 34.9 Å². The molecule has 0 radical (unpaired) electrons. The smallest absolute Gasteiger partial charge is 0.342 e. The highest BCUT2D eigenvalue weighted by Crippen LogP contribution is 2.23. The minimum Gasteiger partial charge on any atom is -0.457 e. The van der Waals surface area contributed by atoms with Crippen molar-refractivity contribution in [3.8, 4) is 0 Å². The largest absolute Gasteiger partial charge is 0.457 e. The van der Waals surface area contributed by atoms with E-state index in [1.807, 2.05) is 0 Å². The fourth-order valence-corrected chi connectivity index (χ4v) is 2.03. The minimum atomic E-state index is -0.706. The second-order valence-corrected chi connectivity index (χ2v) is 4.86. The highest BCUT2D eigenvalue weighted by atomic mass is 35.5. The number of carbonyl (C=O) groups excluding carboxylic acids is 1. The van der Waals surface area contributed by atoms with Crippen molar-refractivity contribution < 1.29 is 13.9 Å². The maximum atomic E-state index is 13.5. The summed E-state index contributed by atoms with van der Waals surface area (Å²) in [7, 11) is 0. The number of benzene rings is 2. The average Bonchev–Trinajstić information content (AvgIpc) is 2.37. The number of hydrogen-bond acceptors (Lipinski definition) is 3. The van der Waals surface area contributed by atoms with E-state index in [1.165, 1.54) is 24.3 Å². The molecule has 2 N–H and O–H groups in total. The summed E-state index contributed by atoms with van der Waals surface area (Å²) in [5, 5.41) is 0.458. The normalized spacial score (nSPS) is 10.3. The van der Waals surface area contributed by atoms with Gasteiger partial charge in [0.05, 0.1) is 5.02 Å². The summed E-state index contributed by atoms with van der Waals surface area (Å²) in [6.07, 6.45) is 0. The Bertz CT molecular complexity index is 641. The molecule has 0 saturated carbocycles. The molecule has 6 heteroatoms. The van der Waals surface area contributed by atoms with Gasteiger partial charge in [-0.2, -0.15) is 0 Å². The van der Waals surface area contributed by atoms with Crippen LogP contribution in [0.1, 0.15) is 15.9 Å². The summed E-state index contributed by atoms with van der Waals surface area (Å²) in [5.41, 5.74) is 6.16. The molecule has 2 aromatic carbocycles. The van der Waals surface area contributed by atoms with Crippen molar-refractivity contribution in [1.82, 2.24) is 0 Å². The van der Waals surface area contributed by atoms with Crippen LogP contribution in [0.4, 0.5) is 10.1 Å². The van der Waals surface area contributed by atoms with E-state index in [2.05, 4.69) is 0 Å². The first-order valence-corrected chi connectivity index (χ1v) is 6.39. The van der Waals surface area contributed by atoms with Crippen molar-refractivity contribution in [2.45, 2.75) is 6.61 Å². The fourth-order valence-electron chi connectivity index (χ4n) is 1.61. The Balaban J connectivity index is 2.13. The van der Waals surface area contributed by atoms with Gasteiger partial charge in [0, 0.05) is 16.3 Å². The predicted octanol–water partition coefficient (Wildman–Crippen LogP) is 4.07. The fraction of sp³-hybridized carbons (Fsp3) is 0.0714. The van der Waals surface area contributed by atoms with Crippen LogP contribution in [0.2, 0.25) is 10.0 Å². The zero-order valence-corrected chi connectivity index (χ0v) is 11.7. The van der Waals surface area contributed by atoms with Crippen LogP contribution in [0.5, 0.6) is 0 Å². The monoisotopic (exact) mass is 313 g/mol. The standard InChI is InChI=1S/C14H10Cl2FNO2/c15-9-5-4-8(11(17)6-9)7-20-14(19)13-10(16)2-1-3-12(13)18/h1-6H,7,18H2. The summed E-state index contributed by atoms with van der Waals surface area (Å²) in [4.78, 5) is 11.9. The van der Waals surface area contributed by atoms with E-state index >= 15 is 0 Å². The number of halogens is 3. The molecule has 0 bridgehead atoms. The van der Waals surface area contributed by atoms with Crippen molar-refractivity contribution in [2.75, 3.05) is 5.73 Å². The molecule has 2 aromatic rings. The van der Waals surface area contributed by atoms with Gasteiger partial charge in [-0.3, -0.25) is 0 Å². The molecular weight excluding hydrogens is 304 g/mol. The van der Waals surface area contributed by atoms with Crippen LogP contribution in [-0.4, -0.2) is 5.97 Å². The summed E-state index contributed by atoms with van der Waals surface area (Å²) < 4.78 is 18.5. The van der Waals surface area contributed by atoms with Crippen molar-refractivity contribution in [1.29, 1.82) is 0 Å². The molecule has 104 valence electrons. The van der Waals surface area contributed by atoms with Gasteiger partial charge < -0.3 is 10.5 Å². The van der Waals surface area contributed by atoms with Crippen LogP contribution in [0, 0.1) is 5.82 Å². The number of nitrogens with two attached hydrogens (primary N) is 1. The quantitative estimate of drug-likeness (QED) is 0.686. The zero-order valence-electron chi connectivity index (χ0n) is 10.2. The number of ether oxygens (including phenoxy) is 1. The Morgan fingerprint density at radius 3 is 2.65 bits per heavy atom. The lowest BCUT2D eigenvalue weighted by atomic mass is 10.2. The third kappa shape index (κ3) is 3.21. The van der Waals surface area contributed by atoms with E-state index in [9.17, 15) is 9.18 Å². The molecule has 20 heavy (non-hydrogen) atoms. The van der Waals surface area contributed by atoms with Gasteiger partial charge in [0.2, 0.25) is 0 Å². The molecule has 0 aliphatic heterocycles. The lowest BCUT2D eigenvalue weighted by molar-refractivity contribution is 0.0470. The Morgan fingerprint density at radius 1 is 1.25 bits per heavy atom. The first-order chi connectivity index (χ1) is 9.49. The summed E-state index contributed by atoms with van der Waals surface area (Å²) in [5.74, 6) is -1.25. The van der Waals surface area contributed by atoms with Crippen LogP contribution in [0.25, 0.3) is 0 Å². The topological polar surface area (TPSA) is 52.3 Å². The first-order valence-electron chi connectivity index (χ1n) is 5.64. The SMILES string of the molecule is Nc1cccc(Cl)c1C(=O)OCc1ccc(Cl)cc1F. The molecule has 0 aliphatic carbocycles. The van der Waals surface area contributed by atoms with E-state index in [4.69, 9.17) is 33.7 Å². The molecule has 0 amide bonds. The summed E-state index contributed by atoms with van der Waals surface area (Å²) >= 11 is 11.5. The third-order valence-corrected chi connectivity index (χ3v) is 3.17. The van der Waals surface area contributed by atoms with Gasteiger partial charge in [0.15, 0.2) is 0 Å². The average molecular weight is 314 g/mol. The maximum Gasteiger partial charge on any atom is 0.342 e. The molecular formula is C14H10Cl2FNO2. The van der Waals surface area contributed by atoms with Gasteiger partial charge in [0.25, 0.3) is 0 Å². The summed E-state index contributed by atoms with van der Waals surface area (Å²) in [6.45, 7) is -0.230. The van der Waals surface area contributed by atoms with Crippen LogP contribution < -0.4 is 5.73 Å². The third-order valence-electron chi connectivity index (χ3n) is 2.62. The van der Waals surface area contributed by atoms with Gasteiger partial charge in [-0.1, -0.05) is 35.3 Å². The van der Waals surface area contributed by atoms with Crippen LogP contribution in [0.3, 0.4) is 0 Å². The molecule has 0 fully saturated rings. The molecule has 0 aromatic heterocycles. The van der Waals surface area contributed by atoms with Gasteiger partial charge >= 0.3 is 5.97 Å². The lowest BCUT2D eigenvalue weighted by Gasteiger charge is -2.09. The highest BCUT2D eigenvalue weighted by molar-refractivity contribution is 6.34. The van der Waals surface area contributed by atoms with Gasteiger partial charge in [-0.25, -0.2) is 9.18 Å². The van der Waals surface area contributed by atoms with Gasteiger partial charge in [-0.05, 0) is 24.3 Å². The van der Waals surface area contributed by atoms with Crippen LogP contribution >= 0.6 is 23.2 Å². The number of rotatable bonds is 3. The summed E-state index contributed by atoms with van der Waals surface area (Å²) in [6, 6.07) is 8.78. The maximum absolute atomic E-state index is 13.5. The van der Waals surface area contributed by atoms with Gasteiger partial charge in [-0.15, -0.1) is 0 Å². The Labute approximate surface area is 125 Å². The lowest BCUT2D eigenvalue weighted by Crippen LogP contribution is -2.09. The second kappa shape index (κ2) is 6.11. The number of carbonyl (C=O) groups is 1. The van der Waals surface area contributed by atoms with E-state index in [1.54, 1.807) is 6.07 Å². The molecule has 2 rings (SSSR count). The number of anilines is 1. The zero-order chi connectivity index (χ0) is 14.7. The number of hydrogen-bond donors (Lipinski definition) is 1. The minimum absolute atomic E-state index is 0.0727. The molecule has 0 saturated heterocycles. The Kier molecular flexibility index (Phi) is 4.47. The van der Waals surface area contributed by atoms with Crippen molar-refractivity contribution in [2.24, 2.45) is 0 Å². The van der Waals surface area contributed by atoms with Crippen LogP contribution in [0.15, 0.2) is 36.4 Å². The Hall–Kier alpha value is -1.78. The van der Waals surface area contributed by atoms with E-state index < -0.39 is 11.8 Å². The number of nitrogen functional groups attached to an aromatic ring is 1. The Morgan fingerprint density at radius 2 is 2.00 bits per heavy atom. The molecule has 0 unspecified atom stereocenters. The van der Waals surface area contributed by atoms with E-state index in [-0.39, 0.29) is 33.5 Å². The van der Waals surface area contributed by atoms with Crippen molar-refractivity contribution in [3.05, 3.63) is 63.4 Å². The molecule has 0 heterocycles. The van der Waals surface area contributed by atoms with Crippen LogP contribution in [-0.2, 0) is 11.3 Å². The van der Waals surface area contributed by atoms with E-state index in [0.29, 0.717) is 0 Å². The van der Waals surface area contributed by atoms with Crippen molar-refractivity contribution in [3.63, 3.8) is 0 Å². The predicted molar refractivity (Wildman–Crippen MR) is 76.4 cm³/mol. The molecule has 0 aliphatic rings. The highest BCUT2D eigenvalue weighted by Gasteiger charge is 2.16. The molecule has 0 atom stereocenters. The second-order valence-electron chi connectivity index (χ2n) is 4.02. The first kappa shape index (κ1) is 14.6. The molecule has 3 nitrogen and oxygen atoms in total. The number of esters is 1.